The Hall–Kier alpha value is -0.970. The van der Waals surface area contributed by atoms with Gasteiger partial charge in [0.1, 0.15) is 5.75 Å². The third kappa shape index (κ3) is 3.75. The van der Waals surface area contributed by atoms with Crippen molar-refractivity contribution in [1.82, 2.24) is 4.90 Å². The maximum absolute atomic E-state index is 10.2. The van der Waals surface area contributed by atoms with E-state index in [1.54, 1.807) is 7.11 Å². The van der Waals surface area contributed by atoms with E-state index in [9.17, 15) is 5.11 Å². The van der Waals surface area contributed by atoms with Crippen molar-refractivity contribution in [1.29, 1.82) is 0 Å². The third-order valence-electron chi connectivity index (χ3n) is 3.71. The first kappa shape index (κ1) is 16.1. The zero-order chi connectivity index (χ0) is 14.4. The number of aliphatic hydroxyl groups excluding tert-OH is 1. The predicted molar refractivity (Wildman–Crippen MR) is 82.8 cm³/mol. The van der Waals surface area contributed by atoms with E-state index in [1.165, 1.54) is 5.56 Å². The van der Waals surface area contributed by atoms with E-state index in [2.05, 4.69) is 42.9 Å². The predicted octanol–water partition coefficient (Wildman–Crippen LogP) is 2.96. The summed E-state index contributed by atoms with van der Waals surface area (Å²) in [6, 6.07) is 6.49. The summed E-state index contributed by atoms with van der Waals surface area (Å²) in [7, 11) is 1.66. The number of hydrogen-bond donors (Lipinski definition) is 1. The molecule has 0 bridgehead atoms. The minimum atomic E-state index is -0.400. The normalized spacial score (nSPS) is 19.9. The zero-order valence-electron chi connectivity index (χ0n) is 11.9. The van der Waals surface area contributed by atoms with Crippen molar-refractivity contribution in [2.24, 2.45) is 0 Å². The molecule has 0 aromatic heterocycles. The molecule has 0 radical (unpaired) electrons. The first-order chi connectivity index (χ1) is 9.15. The van der Waals surface area contributed by atoms with Gasteiger partial charge < -0.3 is 9.84 Å². The highest BCUT2D eigenvalue weighted by Gasteiger charge is 2.26. The molecule has 4 heteroatoms. The average molecular weight is 281 g/mol. The number of hydrogen-bond acceptors (Lipinski definition) is 4. The molecule has 1 aliphatic rings. The van der Waals surface area contributed by atoms with Crippen molar-refractivity contribution in [3.05, 3.63) is 29.3 Å². The molecular weight excluding hydrogens is 258 g/mol. The quantitative estimate of drug-likeness (QED) is 0.864. The van der Waals surface area contributed by atoms with Gasteiger partial charge in [-0.15, -0.1) is 0 Å². The Balaban J connectivity index is 0.000000861. The Bertz CT molecular complexity index is 411. The van der Waals surface area contributed by atoms with E-state index in [-0.39, 0.29) is 0 Å². The van der Waals surface area contributed by atoms with E-state index >= 15 is 0 Å². The lowest BCUT2D eigenvalue weighted by molar-refractivity contribution is 0.0684. The Kier molecular flexibility index (Phi) is 6.42. The van der Waals surface area contributed by atoms with Crippen LogP contribution in [0.2, 0.25) is 0 Å². The number of thiocarbonyl (C=S) groups is 1. The van der Waals surface area contributed by atoms with Crippen LogP contribution in [0.3, 0.4) is 0 Å². The summed E-state index contributed by atoms with van der Waals surface area (Å²) >= 11 is 3.83. The monoisotopic (exact) mass is 281 g/mol. The minimum Gasteiger partial charge on any atom is -0.497 e. The Morgan fingerprint density at radius 1 is 1.53 bits per heavy atom. The average Bonchev–Trinajstić information content (AvgIpc) is 2.48. The van der Waals surface area contributed by atoms with Gasteiger partial charge in [0.25, 0.3) is 0 Å². The second-order valence-corrected chi connectivity index (χ2v) is 4.77. The fourth-order valence-corrected chi connectivity index (χ4v) is 2.35. The summed E-state index contributed by atoms with van der Waals surface area (Å²) in [5.74, 6) is 3.65. The van der Waals surface area contributed by atoms with E-state index in [0.29, 0.717) is 6.04 Å². The van der Waals surface area contributed by atoms with Gasteiger partial charge in [-0.05, 0) is 42.5 Å². The van der Waals surface area contributed by atoms with Gasteiger partial charge in [0.15, 0.2) is 0 Å². The minimum absolute atomic E-state index is 0.400. The highest BCUT2D eigenvalue weighted by Crippen LogP contribution is 2.30. The molecule has 3 nitrogen and oxygen atoms in total. The van der Waals surface area contributed by atoms with E-state index in [1.807, 2.05) is 12.1 Å². The van der Waals surface area contributed by atoms with Gasteiger partial charge in [0.2, 0.25) is 0 Å². The van der Waals surface area contributed by atoms with Crippen molar-refractivity contribution in [2.75, 3.05) is 13.7 Å². The van der Waals surface area contributed by atoms with Crippen molar-refractivity contribution in [3.8, 4) is 5.75 Å². The molecule has 1 aromatic rings. The number of aliphatic hydroxyl groups is 1. The van der Waals surface area contributed by atoms with Gasteiger partial charge in [-0.25, -0.2) is 0 Å². The Labute approximate surface area is 121 Å². The number of nitrogens with zero attached hydrogens (tertiary/aromatic N) is 1. The molecule has 0 spiro atoms. The maximum Gasteiger partial charge on any atom is 0.119 e. The first-order valence-corrected chi connectivity index (χ1v) is 7.11. The number of methoxy groups -OCH3 is 1. The van der Waals surface area contributed by atoms with E-state index in [4.69, 9.17) is 4.74 Å². The molecule has 2 rings (SSSR count). The van der Waals surface area contributed by atoms with Gasteiger partial charge in [-0.2, -0.15) is 0 Å². The van der Waals surface area contributed by atoms with Gasteiger partial charge in [-0.3, -0.25) is 4.90 Å². The Morgan fingerprint density at radius 3 is 2.79 bits per heavy atom. The molecule has 0 fully saturated rings. The largest absolute Gasteiger partial charge is 0.497 e. The van der Waals surface area contributed by atoms with Crippen molar-refractivity contribution in [3.63, 3.8) is 0 Å². The van der Waals surface area contributed by atoms with Gasteiger partial charge in [0, 0.05) is 19.1 Å². The lowest BCUT2D eigenvalue weighted by atomic mass is 9.95. The second kappa shape index (κ2) is 7.58. The molecular formula is C15H23NO2S. The lowest BCUT2D eigenvalue weighted by Gasteiger charge is -2.36. The number of rotatable bonds is 3. The number of β-amino-alcohol motifs (C(OH)–C–C–N with tert-alkyl or cyclic N) is 1. The summed E-state index contributed by atoms with van der Waals surface area (Å²) in [4.78, 5) is 2.33. The van der Waals surface area contributed by atoms with Crippen molar-refractivity contribution in [2.45, 2.75) is 39.0 Å². The molecule has 2 atom stereocenters. The van der Waals surface area contributed by atoms with Crippen LogP contribution in [-0.2, 0) is 6.54 Å². The lowest BCUT2D eigenvalue weighted by Crippen LogP contribution is -2.39. The highest BCUT2D eigenvalue weighted by molar-refractivity contribution is 7.77. The molecule has 106 valence electrons. The summed E-state index contributed by atoms with van der Waals surface area (Å²) in [5, 5.41) is 10.2. The summed E-state index contributed by atoms with van der Waals surface area (Å²) in [6.07, 6.45) is 0.709. The molecule has 1 N–H and O–H groups in total. The van der Waals surface area contributed by atoms with Crippen LogP contribution in [0.25, 0.3) is 0 Å². The molecule has 0 amide bonds. The zero-order valence-corrected chi connectivity index (χ0v) is 12.7. The van der Waals surface area contributed by atoms with Crippen LogP contribution < -0.4 is 4.74 Å². The molecule has 19 heavy (non-hydrogen) atoms. The van der Waals surface area contributed by atoms with Crippen LogP contribution in [0.4, 0.5) is 0 Å². The molecule has 0 saturated carbocycles. The highest BCUT2D eigenvalue weighted by atomic mass is 32.1. The molecule has 2 unspecified atom stereocenters. The molecule has 0 aliphatic carbocycles. The third-order valence-corrected chi connectivity index (χ3v) is 3.71. The summed E-state index contributed by atoms with van der Waals surface area (Å²) in [6.45, 7) is 6.03. The molecule has 1 aliphatic heterocycles. The Morgan fingerprint density at radius 2 is 2.21 bits per heavy atom. The van der Waals surface area contributed by atoms with Crippen LogP contribution >= 0.6 is 12.2 Å². The number of fused-ring (bicyclic) bond motifs is 1. The molecule has 1 heterocycles. The fraction of sp³-hybridized carbons (Fsp3) is 0.533. The van der Waals surface area contributed by atoms with Gasteiger partial charge in [0.05, 0.1) is 13.2 Å². The fourth-order valence-electron chi connectivity index (χ4n) is 2.35. The summed E-state index contributed by atoms with van der Waals surface area (Å²) in [5.41, 5.74) is 2.23. The molecule has 0 saturated heterocycles. The summed E-state index contributed by atoms with van der Waals surface area (Å²) < 4.78 is 5.20. The van der Waals surface area contributed by atoms with Crippen LogP contribution in [0, 0.1) is 0 Å². The smallest absolute Gasteiger partial charge is 0.119 e. The van der Waals surface area contributed by atoms with E-state index in [0.717, 1.165) is 30.8 Å². The standard InChI is InChI=1S/C14H21NO2.CH2S/c1-4-10(2)15-8-11-5-6-12(17-3)7-13(11)14(16)9-15;1-2/h5-7,10,14,16H,4,8-9H2,1-3H3;1H2. The second-order valence-electron chi connectivity index (χ2n) is 4.77. The number of ether oxygens (including phenoxy) is 1. The van der Waals surface area contributed by atoms with Crippen molar-refractivity contribution >= 4 is 18.1 Å². The maximum atomic E-state index is 10.2. The van der Waals surface area contributed by atoms with Gasteiger partial charge in [-0.1, -0.05) is 25.2 Å². The van der Waals surface area contributed by atoms with Crippen molar-refractivity contribution < 1.29 is 9.84 Å². The SMILES string of the molecule is C=S.CCC(C)N1Cc2ccc(OC)cc2C(O)C1. The van der Waals surface area contributed by atoms with E-state index < -0.39 is 6.10 Å². The number of benzene rings is 1. The van der Waals surface area contributed by atoms with Crippen LogP contribution in [-0.4, -0.2) is 35.6 Å². The topological polar surface area (TPSA) is 32.7 Å². The van der Waals surface area contributed by atoms with Crippen LogP contribution in [0.1, 0.15) is 37.5 Å². The molecule has 1 aromatic carbocycles. The van der Waals surface area contributed by atoms with Gasteiger partial charge >= 0.3 is 0 Å². The van der Waals surface area contributed by atoms with Crippen LogP contribution in [0.15, 0.2) is 18.2 Å². The first-order valence-electron chi connectivity index (χ1n) is 6.53. The van der Waals surface area contributed by atoms with Crippen LogP contribution in [0.5, 0.6) is 5.75 Å².